The van der Waals surface area contributed by atoms with Crippen molar-refractivity contribution in [1.29, 1.82) is 0 Å². The van der Waals surface area contributed by atoms with E-state index in [1.807, 2.05) is 48.5 Å². The normalized spacial score (nSPS) is 16.2. The fraction of sp³-hybridized carbons (Fsp3) is 0.913. The zero-order valence-corrected chi connectivity index (χ0v) is 20.4. The molecule has 0 rings (SSSR count). The molecule has 0 heterocycles. The predicted octanol–water partition coefficient (Wildman–Crippen LogP) is 4.07. The first kappa shape index (κ1) is 27.9. The van der Waals surface area contributed by atoms with E-state index in [-0.39, 0.29) is 54.2 Å². The van der Waals surface area contributed by atoms with Gasteiger partial charge in [-0.1, -0.05) is 41.5 Å². The second-order valence-electron chi connectivity index (χ2n) is 9.60. The van der Waals surface area contributed by atoms with Crippen molar-refractivity contribution in [2.75, 3.05) is 0 Å². The average Bonchev–Trinajstić information content (AvgIpc) is 2.55. The fourth-order valence-electron chi connectivity index (χ4n) is 3.16. The molecule has 0 aromatic rings. The molecule has 0 aromatic heterocycles. The summed E-state index contributed by atoms with van der Waals surface area (Å²) in [5, 5.41) is 6.69. The molecule has 0 radical (unpaired) electrons. The van der Waals surface area contributed by atoms with E-state index in [0.29, 0.717) is 5.92 Å². The Morgan fingerprint density at radius 2 is 1.34 bits per heavy atom. The fourth-order valence-corrected chi connectivity index (χ4v) is 3.16. The summed E-state index contributed by atoms with van der Waals surface area (Å²) >= 11 is 0. The van der Waals surface area contributed by atoms with Crippen LogP contribution in [0.4, 0.5) is 0 Å². The molecule has 29 heavy (non-hydrogen) atoms. The molecule has 0 bridgehead atoms. The Hall–Kier alpha value is -1.14. The van der Waals surface area contributed by atoms with E-state index in [1.165, 1.54) is 0 Å². The number of carbonyl (C=O) groups is 2. The van der Waals surface area contributed by atoms with Gasteiger partial charge >= 0.3 is 11.9 Å². The molecule has 0 saturated heterocycles. The van der Waals surface area contributed by atoms with E-state index in [0.717, 1.165) is 19.3 Å². The summed E-state index contributed by atoms with van der Waals surface area (Å²) in [7, 11) is 0. The van der Waals surface area contributed by atoms with E-state index >= 15 is 0 Å². The molecule has 3 unspecified atom stereocenters. The topological polar surface area (TPSA) is 76.7 Å². The Morgan fingerprint density at radius 1 is 0.759 bits per heavy atom. The Morgan fingerprint density at radius 3 is 1.79 bits per heavy atom. The molecule has 172 valence electrons. The lowest BCUT2D eigenvalue weighted by atomic mass is 10.0. The minimum Gasteiger partial charge on any atom is -0.462 e. The monoisotopic (exact) mass is 414 g/mol. The van der Waals surface area contributed by atoms with E-state index in [2.05, 4.69) is 31.4 Å². The lowest BCUT2D eigenvalue weighted by Crippen LogP contribution is -2.47. The second kappa shape index (κ2) is 14.0. The maximum absolute atomic E-state index is 12.6. The van der Waals surface area contributed by atoms with E-state index in [9.17, 15) is 9.59 Å². The number of carbonyl (C=O) groups excluding carboxylic acids is 2. The third-order valence-corrected chi connectivity index (χ3v) is 4.59. The van der Waals surface area contributed by atoms with Gasteiger partial charge in [0, 0.05) is 12.1 Å². The molecule has 2 N–H and O–H groups in total. The van der Waals surface area contributed by atoms with Gasteiger partial charge in [0.25, 0.3) is 0 Å². The Kier molecular flexibility index (Phi) is 13.4. The summed E-state index contributed by atoms with van der Waals surface area (Å²) in [5.41, 5.74) is 0. The molecule has 6 nitrogen and oxygen atoms in total. The SMILES string of the molecule is CC(C)CC(NC(C)C)C(=O)OC(C)CCC(C)N[C@H](C(=O)OC(C)C)C(C)C. The number of hydrogen-bond acceptors (Lipinski definition) is 6. The lowest BCUT2D eigenvalue weighted by Gasteiger charge is -2.27. The summed E-state index contributed by atoms with van der Waals surface area (Å²) in [6.07, 6.45) is 2.00. The van der Waals surface area contributed by atoms with Gasteiger partial charge in [-0.2, -0.15) is 0 Å². The van der Waals surface area contributed by atoms with Crippen LogP contribution in [0.2, 0.25) is 0 Å². The van der Waals surface area contributed by atoms with Crippen LogP contribution >= 0.6 is 0 Å². The molecule has 0 aliphatic rings. The molecular weight excluding hydrogens is 368 g/mol. The van der Waals surface area contributed by atoms with Crippen LogP contribution in [0.3, 0.4) is 0 Å². The molecule has 0 spiro atoms. The predicted molar refractivity (Wildman–Crippen MR) is 119 cm³/mol. The first-order valence-corrected chi connectivity index (χ1v) is 11.3. The van der Waals surface area contributed by atoms with Crippen LogP contribution in [0.5, 0.6) is 0 Å². The molecule has 4 atom stereocenters. The van der Waals surface area contributed by atoms with Crippen molar-refractivity contribution in [2.24, 2.45) is 11.8 Å². The molecular formula is C23H46N2O4. The van der Waals surface area contributed by atoms with Gasteiger partial charge in [0.2, 0.25) is 0 Å². The zero-order valence-electron chi connectivity index (χ0n) is 20.4. The number of nitrogens with one attached hydrogen (secondary N) is 2. The van der Waals surface area contributed by atoms with Crippen LogP contribution in [-0.2, 0) is 19.1 Å². The highest BCUT2D eigenvalue weighted by molar-refractivity contribution is 5.76. The van der Waals surface area contributed by atoms with Gasteiger partial charge in [0.05, 0.1) is 12.2 Å². The number of rotatable bonds is 14. The standard InChI is InChI=1S/C23H46N2O4/c1-14(2)13-20(24-16(5)6)22(26)29-19(10)12-11-18(9)25-21(15(3)4)23(27)28-17(7)8/h14-21,24-25H,11-13H2,1-10H3/t18?,19?,20?,21-/m0/s1. The number of hydrogen-bond donors (Lipinski definition) is 2. The first-order valence-electron chi connectivity index (χ1n) is 11.3. The lowest BCUT2D eigenvalue weighted by molar-refractivity contribution is -0.152. The van der Waals surface area contributed by atoms with E-state index < -0.39 is 0 Å². The Labute approximate surface area is 178 Å². The molecule has 0 aromatic carbocycles. The summed E-state index contributed by atoms with van der Waals surface area (Å²) in [5.74, 6) is 0.161. The minimum absolute atomic E-state index is 0.114. The van der Waals surface area contributed by atoms with Crippen LogP contribution < -0.4 is 10.6 Å². The smallest absolute Gasteiger partial charge is 0.323 e. The largest absolute Gasteiger partial charge is 0.462 e. The van der Waals surface area contributed by atoms with Gasteiger partial charge in [-0.15, -0.1) is 0 Å². The highest BCUT2D eigenvalue weighted by Gasteiger charge is 2.27. The van der Waals surface area contributed by atoms with Crippen LogP contribution in [0.25, 0.3) is 0 Å². The molecule has 0 fully saturated rings. The van der Waals surface area contributed by atoms with Crippen molar-refractivity contribution in [1.82, 2.24) is 10.6 Å². The highest BCUT2D eigenvalue weighted by Crippen LogP contribution is 2.13. The quantitative estimate of drug-likeness (QED) is 0.417. The van der Waals surface area contributed by atoms with Gasteiger partial charge in [-0.25, -0.2) is 0 Å². The second-order valence-corrected chi connectivity index (χ2v) is 9.60. The van der Waals surface area contributed by atoms with E-state index in [4.69, 9.17) is 9.47 Å². The summed E-state index contributed by atoms with van der Waals surface area (Å²) in [6.45, 7) is 20.0. The Balaban J connectivity index is 4.60. The van der Waals surface area contributed by atoms with Gasteiger partial charge in [0.15, 0.2) is 0 Å². The van der Waals surface area contributed by atoms with Gasteiger partial charge in [-0.05, 0) is 58.8 Å². The van der Waals surface area contributed by atoms with Gasteiger partial charge < -0.3 is 20.1 Å². The van der Waals surface area contributed by atoms with Crippen LogP contribution in [-0.4, -0.2) is 48.3 Å². The van der Waals surface area contributed by atoms with Crippen LogP contribution in [0.15, 0.2) is 0 Å². The van der Waals surface area contributed by atoms with Crippen molar-refractivity contribution >= 4 is 11.9 Å². The van der Waals surface area contributed by atoms with Crippen LogP contribution in [0, 0.1) is 11.8 Å². The summed E-state index contributed by atoms with van der Waals surface area (Å²) in [4.78, 5) is 24.9. The number of esters is 2. The molecule has 6 heteroatoms. The molecule has 0 aliphatic carbocycles. The summed E-state index contributed by atoms with van der Waals surface area (Å²) < 4.78 is 11.1. The van der Waals surface area contributed by atoms with Crippen molar-refractivity contribution < 1.29 is 19.1 Å². The number of ether oxygens (including phenoxy) is 2. The molecule has 0 aliphatic heterocycles. The molecule has 0 amide bonds. The van der Waals surface area contributed by atoms with Crippen molar-refractivity contribution in [3.05, 3.63) is 0 Å². The Bertz CT molecular complexity index is 467. The summed E-state index contributed by atoms with van der Waals surface area (Å²) in [6, 6.07) is -0.270. The minimum atomic E-state index is -0.337. The van der Waals surface area contributed by atoms with E-state index in [1.54, 1.807) is 0 Å². The third-order valence-electron chi connectivity index (χ3n) is 4.59. The third kappa shape index (κ3) is 12.9. The maximum Gasteiger partial charge on any atom is 0.323 e. The maximum atomic E-state index is 12.6. The molecule has 0 saturated carbocycles. The first-order chi connectivity index (χ1) is 13.3. The van der Waals surface area contributed by atoms with Crippen molar-refractivity contribution in [2.45, 2.75) is 125 Å². The zero-order chi connectivity index (χ0) is 22.7. The van der Waals surface area contributed by atoms with Crippen molar-refractivity contribution in [3.8, 4) is 0 Å². The highest BCUT2D eigenvalue weighted by atomic mass is 16.5. The van der Waals surface area contributed by atoms with Crippen LogP contribution in [0.1, 0.15) is 88.5 Å². The average molecular weight is 415 g/mol. The van der Waals surface area contributed by atoms with Gasteiger partial charge in [-0.3, -0.25) is 9.59 Å². The van der Waals surface area contributed by atoms with Crippen molar-refractivity contribution in [3.63, 3.8) is 0 Å². The van der Waals surface area contributed by atoms with Gasteiger partial charge in [0.1, 0.15) is 12.1 Å².